The van der Waals surface area contributed by atoms with E-state index in [-0.39, 0.29) is 25.1 Å². The van der Waals surface area contributed by atoms with Crippen LogP contribution in [0.5, 0.6) is 0 Å². The predicted molar refractivity (Wildman–Crippen MR) is 90.6 cm³/mol. The highest BCUT2D eigenvalue weighted by Gasteiger charge is 2.76. The maximum atomic E-state index is 12.9. The average molecular weight is 359 g/mol. The van der Waals surface area contributed by atoms with E-state index in [2.05, 4.69) is 10.0 Å². The Kier molecular flexibility index (Phi) is 5.15. The van der Waals surface area contributed by atoms with Crippen LogP contribution in [0, 0.1) is 17.8 Å². The van der Waals surface area contributed by atoms with Gasteiger partial charge in [0.15, 0.2) is 5.54 Å². The van der Waals surface area contributed by atoms with Crippen LogP contribution in [0.2, 0.25) is 0 Å². The van der Waals surface area contributed by atoms with E-state index in [4.69, 9.17) is 19.7 Å². The fourth-order valence-electron chi connectivity index (χ4n) is 4.10. The van der Waals surface area contributed by atoms with Crippen LogP contribution in [0.1, 0.15) is 18.9 Å². The molecule has 8 heteroatoms. The summed E-state index contributed by atoms with van der Waals surface area (Å²) in [4.78, 5) is 28.0. The predicted octanol–water partition coefficient (Wildman–Crippen LogP) is 2.62. The molecular formula is C18H21N3O5. The Morgan fingerprint density at radius 3 is 2.65 bits per heavy atom. The van der Waals surface area contributed by atoms with Crippen molar-refractivity contribution >= 4 is 11.9 Å². The van der Waals surface area contributed by atoms with Crippen molar-refractivity contribution in [3.63, 3.8) is 0 Å². The van der Waals surface area contributed by atoms with E-state index < -0.39 is 29.4 Å². The molecule has 0 saturated heterocycles. The lowest BCUT2D eigenvalue weighted by atomic mass is 9.88. The number of fused-ring (bicyclic) bond motifs is 1. The fraction of sp³-hybridized carbons (Fsp3) is 0.556. The van der Waals surface area contributed by atoms with Crippen molar-refractivity contribution in [2.75, 3.05) is 13.7 Å². The molecule has 138 valence electrons. The van der Waals surface area contributed by atoms with Crippen molar-refractivity contribution in [2.24, 2.45) is 22.9 Å². The van der Waals surface area contributed by atoms with Gasteiger partial charge in [-0.05, 0) is 30.4 Å². The molecule has 3 rings (SSSR count). The molecule has 0 bridgehead atoms. The number of ether oxygens (including phenoxy) is 3. The van der Waals surface area contributed by atoms with Gasteiger partial charge in [0, 0.05) is 17.9 Å². The number of hydrogen-bond donors (Lipinski definition) is 0. The highest BCUT2D eigenvalue weighted by molar-refractivity contribution is 5.88. The van der Waals surface area contributed by atoms with Gasteiger partial charge in [-0.15, -0.1) is 0 Å². The zero-order chi connectivity index (χ0) is 18.7. The second-order valence-electron chi connectivity index (χ2n) is 6.50. The molecule has 26 heavy (non-hydrogen) atoms. The summed E-state index contributed by atoms with van der Waals surface area (Å²) in [5.41, 5.74) is 8.36. The first-order valence-corrected chi connectivity index (χ1v) is 8.57. The van der Waals surface area contributed by atoms with Crippen molar-refractivity contribution in [3.05, 3.63) is 46.3 Å². The number of methoxy groups -OCH3 is 1. The van der Waals surface area contributed by atoms with Gasteiger partial charge in [0.05, 0.1) is 18.6 Å². The molecule has 1 aromatic rings. The maximum absolute atomic E-state index is 12.9. The van der Waals surface area contributed by atoms with Gasteiger partial charge in [-0.25, -0.2) is 0 Å². The van der Waals surface area contributed by atoms with Gasteiger partial charge in [-0.3, -0.25) is 9.59 Å². The molecule has 2 aliphatic rings. The molecule has 2 saturated carbocycles. The molecule has 0 N–H and O–H groups in total. The fourth-order valence-corrected chi connectivity index (χ4v) is 4.10. The minimum Gasteiger partial charge on any atom is -0.466 e. The van der Waals surface area contributed by atoms with Crippen LogP contribution < -0.4 is 0 Å². The SMILES string of the molecule is CCOC(=O)[C@H]1[C@@H]2C[C@@H](OC)[C@@](N=[N+]=[N-])(C(=O)OCc3ccccc3)[C@@H]21. The van der Waals surface area contributed by atoms with Crippen LogP contribution in [0.15, 0.2) is 35.4 Å². The highest BCUT2D eigenvalue weighted by Crippen LogP contribution is 2.65. The normalized spacial score (nSPS) is 31.5. The Morgan fingerprint density at radius 2 is 2.04 bits per heavy atom. The van der Waals surface area contributed by atoms with Crippen LogP contribution in [0.3, 0.4) is 0 Å². The van der Waals surface area contributed by atoms with E-state index in [0.29, 0.717) is 6.42 Å². The number of azide groups is 1. The van der Waals surface area contributed by atoms with Gasteiger partial charge in [-0.2, -0.15) is 0 Å². The lowest BCUT2D eigenvalue weighted by Gasteiger charge is -2.31. The quantitative estimate of drug-likeness (QED) is 0.321. The number of rotatable bonds is 7. The summed E-state index contributed by atoms with van der Waals surface area (Å²) in [6.45, 7) is 2.04. The monoisotopic (exact) mass is 359 g/mol. The van der Waals surface area contributed by atoms with E-state index in [1.807, 2.05) is 30.3 Å². The molecule has 0 amide bonds. The van der Waals surface area contributed by atoms with Crippen molar-refractivity contribution in [1.29, 1.82) is 0 Å². The topological polar surface area (TPSA) is 111 Å². The van der Waals surface area contributed by atoms with E-state index in [1.165, 1.54) is 7.11 Å². The van der Waals surface area contributed by atoms with Crippen LogP contribution in [-0.4, -0.2) is 37.3 Å². The number of carbonyl (C=O) groups excluding carboxylic acids is 2. The van der Waals surface area contributed by atoms with Crippen molar-refractivity contribution < 1.29 is 23.8 Å². The highest BCUT2D eigenvalue weighted by atomic mass is 16.5. The van der Waals surface area contributed by atoms with E-state index in [0.717, 1.165) is 5.56 Å². The van der Waals surface area contributed by atoms with Gasteiger partial charge >= 0.3 is 11.9 Å². The Hall–Kier alpha value is -2.57. The van der Waals surface area contributed by atoms with Gasteiger partial charge in [0.25, 0.3) is 0 Å². The first-order valence-electron chi connectivity index (χ1n) is 8.57. The summed E-state index contributed by atoms with van der Waals surface area (Å²) in [5.74, 6) is -2.05. The first-order chi connectivity index (χ1) is 12.6. The molecule has 0 heterocycles. The summed E-state index contributed by atoms with van der Waals surface area (Å²) in [6.07, 6.45) is -0.174. The molecule has 8 nitrogen and oxygen atoms in total. The molecular weight excluding hydrogens is 338 g/mol. The number of hydrogen-bond acceptors (Lipinski definition) is 6. The van der Waals surface area contributed by atoms with E-state index >= 15 is 0 Å². The number of nitrogens with zero attached hydrogens (tertiary/aromatic N) is 3. The van der Waals surface area contributed by atoms with Crippen LogP contribution in [-0.2, 0) is 30.4 Å². The lowest BCUT2D eigenvalue weighted by molar-refractivity contribution is -0.158. The molecule has 0 aliphatic heterocycles. The summed E-state index contributed by atoms with van der Waals surface area (Å²) in [5, 5.41) is 3.81. The van der Waals surface area contributed by atoms with Gasteiger partial charge < -0.3 is 14.2 Å². The Bertz CT molecular complexity index is 734. The zero-order valence-electron chi connectivity index (χ0n) is 14.7. The second-order valence-corrected chi connectivity index (χ2v) is 6.50. The standard InChI is InChI=1S/C18H21N3O5/c1-3-25-16(22)14-12-9-13(24-2)18(15(12)14,20-21-19)17(23)26-10-11-7-5-4-6-8-11/h4-8,12-15H,3,9-10H2,1-2H3/t12-,13+,14-,15-,18-/m0/s1. The van der Waals surface area contributed by atoms with Crippen molar-refractivity contribution in [3.8, 4) is 0 Å². The Balaban J connectivity index is 1.83. The summed E-state index contributed by atoms with van der Waals surface area (Å²) < 4.78 is 16.0. The minimum absolute atomic E-state index is 0.0558. The smallest absolute Gasteiger partial charge is 0.321 e. The van der Waals surface area contributed by atoms with Gasteiger partial charge in [0.2, 0.25) is 0 Å². The van der Waals surface area contributed by atoms with E-state index in [9.17, 15) is 9.59 Å². The third-order valence-corrected chi connectivity index (χ3v) is 5.25. The molecule has 1 aromatic carbocycles. The largest absolute Gasteiger partial charge is 0.466 e. The third-order valence-electron chi connectivity index (χ3n) is 5.25. The molecule has 0 unspecified atom stereocenters. The lowest BCUT2D eigenvalue weighted by Crippen LogP contribution is -2.50. The number of benzene rings is 1. The molecule has 2 aliphatic carbocycles. The summed E-state index contributed by atoms with van der Waals surface area (Å²) in [6, 6.07) is 9.21. The number of esters is 2. The Labute approximate surface area is 151 Å². The Morgan fingerprint density at radius 1 is 1.31 bits per heavy atom. The maximum Gasteiger partial charge on any atom is 0.321 e. The van der Waals surface area contributed by atoms with Gasteiger partial charge in [-0.1, -0.05) is 35.4 Å². The summed E-state index contributed by atoms with van der Waals surface area (Å²) >= 11 is 0. The third kappa shape index (κ3) is 2.91. The van der Waals surface area contributed by atoms with Crippen molar-refractivity contribution in [1.82, 2.24) is 0 Å². The van der Waals surface area contributed by atoms with E-state index in [1.54, 1.807) is 6.92 Å². The molecule has 0 aromatic heterocycles. The summed E-state index contributed by atoms with van der Waals surface area (Å²) in [7, 11) is 1.46. The molecule has 5 atom stereocenters. The minimum atomic E-state index is -1.54. The van der Waals surface area contributed by atoms with Crippen LogP contribution in [0.4, 0.5) is 0 Å². The zero-order valence-corrected chi connectivity index (χ0v) is 14.7. The molecule has 2 fully saturated rings. The average Bonchev–Trinajstić information content (AvgIpc) is 3.29. The molecule has 0 radical (unpaired) electrons. The number of carbonyl (C=O) groups is 2. The van der Waals surface area contributed by atoms with Crippen molar-refractivity contribution in [2.45, 2.75) is 31.6 Å². The van der Waals surface area contributed by atoms with Crippen LogP contribution in [0.25, 0.3) is 10.4 Å². The first kappa shape index (κ1) is 18.2. The second kappa shape index (κ2) is 7.35. The molecule has 0 spiro atoms. The van der Waals surface area contributed by atoms with Crippen LogP contribution >= 0.6 is 0 Å². The van der Waals surface area contributed by atoms with Gasteiger partial charge in [0.1, 0.15) is 6.61 Å².